The summed E-state index contributed by atoms with van der Waals surface area (Å²) in [4.78, 5) is 20.6. The van der Waals surface area contributed by atoms with Crippen LogP contribution in [0.15, 0.2) is 53.3 Å². The van der Waals surface area contributed by atoms with Crippen molar-refractivity contribution in [3.8, 4) is 0 Å². The van der Waals surface area contributed by atoms with Crippen LogP contribution in [0.4, 0.5) is 23.0 Å². The Morgan fingerprint density at radius 2 is 1.81 bits per heavy atom. The molecule has 2 aromatic carbocycles. The second kappa shape index (κ2) is 8.05. The van der Waals surface area contributed by atoms with Crippen LogP contribution in [0.5, 0.6) is 0 Å². The van der Waals surface area contributed by atoms with E-state index in [9.17, 15) is 4.79 Å². The van der Waals surface area contributed by atoms with E-state index < -0.39 is 0 Å². The van der Waals surface area contributed by atoms with Gasteiger partial charge in [0.25, 0.3) is 5.91 Å². The Labute approximate surface area is 165 Å². The molecular weight excluding hydrogens is 408 g/mol. The summed E-state index contributed by atoms with van der Waals surface area (Å²) in [5, 5.41) is 3.21. The monoisotopic (exact) mass is 426 g/mol. The first-order chi connectivity index (χ1) is 13.0. The Bertz CT molecular complexity index is 992. The molecule has 3 aromatic rings. The van der Waals surface area contributed by atoms with Gasteiger partial charge in [-0.2, -0.15) is 0 Å². The summed E-state index contributed by atoms with van der Waals surface area (Å²) in [5.41, 5.74) is 15.4. The molecule has 0 fully saturated rings. The van der Waals surface area contributed by atoms with Crippen LogP contribution in [0.2, 0.25) is 0 Å². The molecule has 0 bridgehead atoms. The number of carbonyl (C=O) groups excluding carboxylic acids is 1. The molecule has 0 saturated heterocycles. The molecule has 7 nitrogen and oxygen atoms in total. The van der Waals surface area contributed by atoms with E-state index in [2.05, 4.69) is 42.1 Å². The number of rotatable bonds is 5. The Kier molecular flexibility index (Phi) is 5.56. The van der Waals surface area contributed by atoms with Crippen LogP contribution in [0, 0.1) is 13.8 Å². The summed E-state index contributed by atoms with van der Waals surface area (Å²) in [6.07, 6.45) is 1.37. The molecule has 1 aromatic heterocycles. The number of nitrogens with two attached hydrogens (primary N) is 1. The topological polar surface area (TPSA) is 105 Å². The zero-order chi connectivity index (χ0) is 19.4. The van der Waals surface area contributed by atoms with Gasteiger partial charge in [-0.3, -0.25) is 15.6 Å². The Balaban J connectivity index is 1.76. The summed E-state index contributed by atoms with van der Waals surface area (Å²) >= 11 is 3.35. The number of anilines is 4. The van der Waals surface area contributed by atoms with E-state index in [0.29, 0.717) is 27.4 Å². The van der Waals surface area contributed by atoms with Gasteiger partial charge in [0.05, 0.1) is 5.56 Å². The number of aryl methyl sites for hydroxylation is 2. The van der Waals surface area contributed by atoms with Crippen molar-refractivity contribution in [2.45, 2.75) is 13.8 Å². The van der Waals surface area contributed by atoms with Crippen LogP contribution in [0.3, 0.4) is 0 Å². The van der Waals surface area contributed by atoms with Crippen molar-refractivity contribution in [3.63, 3.8) is 0 Å². The molecule has 0 radical (unpaired) electrons. The molecule has 138 valence electrons. The normalized spacial score (nSPS) is 10.3. The van der Waals surface area contributed by atoms with Crippen molar-refractivity contribution in [1.29, 1.82) is 0 Å². The molecule has 0 aliphatic rings. The lowest BCUT2D eigenvalue weighted by molar-refractivity contribution is 0.0961. The number of nitrogen functional groups attached to an aromatic ring is 1. The van der Waals surface area contributed by atoms with E-state index >= 15 is 0 Å². The highest BCUT2D eigenvalue weighted by Gasteiger charge is 2.12. The van der Waals surface area contributed by atoms with Gasteiger partial charge in [-0.05, 0) is 59.1 Å². The predicted octanol–water partition coefficient (Wildman–Crippen LogP) is 3.94. The van der Waals surface area contributed by atoms with Crippen molar-refractivity contribution in [1.82, 2.24) is 15.4 Å². The molecule has 0 atom stereocenters. The summed E-state index contributed by atoms with van der Waals surface area (Å²) in [5.74, 6) is 0.444. The van der Waals surface area contributed by atoms with Gasteiger partial charge < -0.3 is 11.1 Å². The molecule has 8 heteroatoms. The number of carbonyl (C=O) groups is 1. The molecule has 3 rings (SSSR count). The van der Waals surface area contributed by atoms with Crippen molar-refractivity contribution >= 4 is 44.8 Å². The first-order valence-electron chi connectivity index (χ1n) is 8.21. The minimum Gasteiger partial charge on any atom is -0.393 e. The van der Waals surface area contributed by atoms with Crippen LogP contribution >= 0.6 is 15.9 Å². The SMILES string of the molecule is Cc1ccc(C)c(Nc2ncnc(NNC(=O)c3ccccc3Br)c2N)c1. The number of nitrogens with one attached hydrogen (secondary N) is 3. The Morgan fingerprint density at radius 1 is 1.07 bits per heavy atom. The van der Waals surface area contributed by atoms with E-state index in [-0.39, 0.29) is 5.91 Å². The first-order valence-corrected chi connectivity index (χ1v) is 9.00. The van der Waals surface area contributed by atoms with Crippen LogP contribution in [0.25, 0.3) is 0 Å². The van der Waals surface area contributed by atoms with Crippen molar-refractivity contribution in [2.24, 2.45) is 0 Å². The maximum absolute atomic E-state index is 12.3. The molecule has 0 unspecified atom stereocenters. The molecule has 0 aliphatic carbocycles. The van der Waals surface area contributed by atoms with Gasteiger partial charge in [0.1, 0.15) is 12.0 Å². The third-order valence-electron chi connectivity index (χ3n) is 3.94. The molecule has 0 aliphatic heterocycles. The lowest BCUT2D eigenvalue weighted by Crippen LogP contribution is -2.30. The smallest absolute Gasteiger partial charge is 0.270 e. The van der Waals surface area contributed by atoms with Crippen LogP contribution in [-0.2, 0) is 0 Å². The lowest BCUT2D eigenvalue weighted by atomic mass is 10.1. The third kappa shape index (κ3) is 4.35. The number of benzene rings is 2. The first kappa shape index (κ1) is 18.7. The van der Waals surface area contributed by atoms with Gasteiger partial charge in [0, 0.05) is 10.2 Å². The quantitative estimate of drug-likeness (QED) is 0.460. The van der Waals surface area contributed by atoms with E-state index in [1.165, 1.54) is 6.33 Å². The summed E-state index contributed by atoms with van der Waals surface area (Å²) in [6, 6.07) is 13.2. The number of hydrazine groups is 1. The maximum atomic E-state index is 12.3. The molecule has 0 spiro atoms. The maximum Gasteiger partial charge on any atom is 0.270 e. The van der Waals surface area contributed by atoms with E-state index in [1.807, 2.05) is 38.1 Å². The van der Waals surface area contributed by atoms with Crippen LogP contribution in [-0.4, -0.2) is 15.9 Å². The third-order valence-corrected chi connectivity index (χ3v) is 4.63. The zero-order valence-electron chi connectivity index (χ0n) is 14.9. The van der Waals surface area contributed by atoms with Crippen molar-refractivity contribution in [3.05, 3.63) is 70.0 Å². The predicted molar refractivity (Wildman–Crippen MR) is 111 cm³/mol. The molecule has 5 N–H and O–H groups in total. The van der Waals surface area contributed by atoms with E-state index in [0.717, 1.165) is 16.8 Å². The lowest BCUT2D eigenvalue weighted by Gasteiger charge is -2.15. The highest BCUT2D eigenvalue weighted by atomic mass is 79.9. The average molecular weight is 427 g/mol. The van der Waals surface area contributed by atoms with Gasteiger partial charge in [-0.25, -0.2) is 9.97 Å². The van der Waals surface area contributed by atoms with E-state index in [4.69, 9.17) is 5.73 Å². The zero-order valence-corrected chi connectivity index (χ0v) is 16.5. The van der Waals surface area contributed by atoms with Gasteiger partial charge in [0.2, 0.25) is 0 Å². The van der Waals surface area contributed by atoms with Gasteiger partial charge in [-0.1, -0.05) is 24.3 Å². The highest BCUT2D eigenvalue weighted by Crippen LogP contribution is 2.27. The molecule has 1 amide bonds. The molecule has 0 saturated carbocycles. The minimum atomic E-state index is -0.315. The standard InChI is InChI=1S/C19H19BrN6O/c1-11-7-8-12(2)15(9-11)24-17-16(21)18(23-10-22-17)25-26-19(27)13-5-3-4-6-14(13)20/h3-10H,21H2,1-2H3,(H,26,27)(H2,22,23,24,25). The molecule has 27 heavy (non-hydrogen) atoms. The Hall–Kier alpha value is -3.13. The number of hydrogen-bond donors (Lipinski definition) is 4. The Morgan fingerprint density at radius 3 is 2.59 bits per heavy atom. The number of hydrogen-bond acceptors (Lipinski definition) is 6. The van der Waals surface area contributed by atoms with Gasteiger partial charge >= 0.3 is 0 Å². The van der Waals surface area contributed by atoms with E-state index in [1.54, 1.807) is 18.2 Å². The summed E-state index contributed by atoms with van der Waals surface area (Å²) in [7, 11) is 0. The fourth-order valence-electron chi connectivity index (χ4n) is 2.42. The second-order valence-corrected chi connectivity index (χ2v) is 6.84. The number of halogens is 1. The fourth-order valence-corrected chi connectivity index (χ4v) is 2.89. The van der Waals surface area contributed by atoms with Gasteiger partial charge in [-0.15, -0.1) is 0 Å². The second-order valence-electron chi connectivity index (χ2n) is 5.99. The van der Waals surface area contributed by atoms with Crippen LogP contribution in [0.1, 0.15) is 21.5 Å². The number of amides is 1. The number of nitrogens with zero attached hydrogens (tertiary/aromatic N) is 2. The largest absolute Gasteiger partial charge is 0.393 e. The fraction of sp³-hybridized carbons (Fsp3) is 0.105. The molecule has 1 heterocycles. The number of aromatic nitrogens is 2. The van der Waals surface area contributed by atoms with Crippen molar-refractivity contribution in [2.75, 3.05) is 16.5 Å². The summed E-state index contributed by atoms with van der Waals surface area (Å²) < 4.78 is 0.692. The highest BCUT2D eigenvalue weighted by molar-refractivity contribution is 9.10. The van der Waals surface area contributed by atoms with Crippen LogP contribution < -0.4 is 21.9 Å². The average Bonchev–Trinajstić information content (AvgIpc) is 2.65. The molecular formula is C19H19BrN6O. The summed E-state index contributed by atoms with van der Waals surface area (Å²) in [6.45, 7) is 4.01. The van der Waals surface area contributed by atoms with Gasteiger partial charge in [0.15, 0.2) is 11.6 Å². The minimum absolute atomic E-state index is 0.297. The van der Waals surface area contributed by atoms with Crippen molar-refractivity contribution < 1.29 is 4.79 Å².